The monoisotopic (exact) mass is 489 g/mol. The van der Waals surface area contributed by atoms with E-state index in [0.717, 1.165) is 26.1 Å². The zero-order valence-electron chi connectivity index (χ0n) is 16.5. The van der Waals surface area contributed by atoms with Gasteiger partial charge in [-0.3, -0.25) is 4.79 Å². The molecule has 0 radical (unpaired) electrons. The Kier molecular flexibility index (Phi) is 8.60. The minimum Gasteiger partial charge on any atom is -0.481 e. The molecule has 0 spiro atoms. The number of rotatable bonds is 8. The quantitative estimate of drug-likeness (QED) is 0.258. The van der Waals surface area contributed by atoms with E-state index in [2.05, 4.69) is 15.6 Å². The first kappa shape index (κ1) is 23.4. The maximum absolute atomic E-state index is 11.4. The molecule has 9 heteroatoms. The van der Waals surface area contributed by atoms with Crippen molar-refractivity contribution in [1.82, 2.24) is 10.3 Å². The molecule has 0 amide bonds. The summed E-state index contributed by atoms with van der Waals surface area (Å²) in [6.45, 7) is 0. The van der Waals surface area contributed by atoms with Crippen molar-refractivity contribution >= 4 is 64.1 Å². The van der Waals surface area contributed by atoms with Gasteiger partial charge in [-0.25, -0.2) is 4.98 Å². The molecule has 3 N–H and O–H groups in total. The predicted octanol–water partition coefficient (Wildman–Crippen LogP) is 6.11. The minimum absolute atomic E-state index is 0.0974. The van der Waals surface area contributed by atoms with E-state index in [1.54, 1.807) is 18.0 Å². The smallest absolute Gasteiger partial charge is 0.305 e. The molecule has 0 saturated carbocycles. The number of nitrogens with one attached hydrogen (secondary N) is 2. The summed E-state index contributed by atoms with van der Waals surface area (Å²) < 4.78 is 0. The third-order valence-corrected chi connectivity index (χ3v) is 6.49. The van der Waals surface area contributed by atoms with Gasteiger partial charge in [-0.1, -0.05) is 35.5 Å². The average molecular weight is 490 g/mol. The fraction of sp³-hybridized carbons (Fsp3) is 0.136. The lowest BCUT2D eigenvalue weighted by Crippen LogP contribution is -2.33. The molecule has 5 nitrogen and oxygen atoms in total. The number of thioether (sulfide) groups is 1. The van der Waals surface area contributed by atoms with E-state index < -0.39 is 12.0 Å². The summed E-state index contributed by atoms with van der Waals surface area (Å²) in [6.07, 6.45) is 3.61. The number of aromatic nitrogens is 1. The van der Waals surface area contributed by atoms with Gasteiger partial charge in [-0.05, 0) is 72.6 Å². The number of nitrogens with zero attached hydrogens (tertiary/aromatic N) is 1. The number of carboxylic acids is 1. The molecular weight excluding hydrogens is 470 g/mol. The zero-order chi connectivity index (χ0) is 22.2. The third kappa shape index (κ3) is 7.14. The van der Waals surface area contributed by atoms with E-state index in [-0.39, 0.29) is 6.42 Å². The lowest BCUT2D eigenvalue weighted by Gasteiger charge is -2.21. The van der Waals surface area contributed by atoms with E-state index in [0.29, 0.717) is 10.1 Å². The van der Waals surface area contributed by atoms with Gasteiger partial charge in [0.15, 0.2) is 5.11 Å². The summed E-state index contributed by atoms with van der Waals surface area (Å²) in [5.74, 6) is -0.908. The lowest BCUT2D eigenvalue weighted by molar-refractivity contribution is -0.137. The van der Waals surface area contributed by atoms with Gasteiger partial charge < -0.3 is 15.7 Å². The summed E-state index contributed by atoms with van der Waals surface area (Å²) in [5, 5.41) is 17.4. The van der Waals surface area contributed by atoms with Gasteiger partial charge in [0.2, 0.25) is 0 Å². The van der Waals surface area contributed by atoms with Gasteiger partial charge >= 0.3 is 5.97 Å². The molecule has 0 fully saturated rings. The molecule has 160 valence electrons. The normalized spacial score (nSPS) is 11.5. The van der Waals surface area contributed by atoms with E-state index in [9.17, 15) is 9.90 Å². The molecule has 3 aromatic rings. The van der Waals surface area contributed by atoms with Crippen LogP contribution in [0, 0.1) is 0 Å². The number of benzene rings is 2. The highest BCUT2D eigenvalue weighted by molar-refractivity contribution is 7.99. The number of pyridine rings is 1. The maximum Gasteiger partial charge on any atom is 0.305 e. The fourth-order valence-corrected chi connectivity index (χ4v) is 4.39. The summed E-state index contributed by atoms with van der Waals surface area (Å²) in [5.41, 5.74) is 1.58. The van der Waals surface area contributed by atoms with Crippen LogP contribution in [0.25, 0.3) is 0 Å². The second kappa shape index (κ2) is 11.4. The number of hydrogen-bond acceptors (Lipinski definition) is 5. The molecule has 1 aromatic heterocycles. The van der Waals surface area contributed by atoms with E-state index in [1.165, 1.54) is 11.8 Å². The molecule has 1 heterocycles. The van der Waals surface area contributed by atoms with E-state index >= 15 is 0 Å². The van der Waals surface area contributed by atoms with E-state index in [1.807, 2.05) is 66.9 Å². The van der Waals surface area contributed by atoms with Gasteiger partial charge in [0.05, 0.1) is 18.2 Å². The Hall–Kier alpha value is -2.26. The van der Waals surface area contributed by atoms with Crippen molar-refractivity contribution in [2.45, 2.75) is 27.3 Å². The molecule has 0 aliphatic rings. The number of hydrogen-bond donors (Lipinski definition) is 3. The van der Waals surface area contributed by atoms with Crippen molar-refractivity contribution in [2.24, 2.45) is 0 Å². The van der Waals surface area contributed by atoms with Crippen molar-refractivity contribution in [3.05, 3.63) is 77.4 Å². The standard InChI is InChI=1S/C22H20ClN3O2S3/c1-30-16-8-4-14(5-9-16)19(13-20(27)28)26-22(29)25-18-3-2-12-24-21(18)31-17-10-6-15(23)7-11-17/h2-12,19H,13H2,1H3,(H,27,28)(H2,25,26,29)/t19-/m0/s1. The van der Waals surface area contributed by atoms with Crippen LogP contribution >= 0.6 is 47.3 Å². The van der Waals surface area contributed by atoms with Crippen LogP contribution in [-0.2, 0) is 4.79 Å². The van der Waals surface area contributed by atoms with Gasteiger partial charge in [-0.2, -0.15) is 0 Å². The topological polar surface area (TPSA) is 74.2 Å². The highest BCUT2D eigenvalue weighted by Crippen LogP contribution is 2.32. The first-order chi connectivity index (χ1) is 14.9. The summed E-state index contributed by atoms with van der Waals surface area (Å²) in [4.78, 5) is 17.9. The Balaban J connectivity index is 1.73. The number of thiocarbonyl (C=S) groups is 1. The number of carboxylic acid groups (broad SMARTS) is 1. The molecule has 0 aliphatic heterocycles. The molecule has 0 bridgehead atoms. The van der Waals surface area contributed by atoms with Crippen molar-refractivity contribution in [2.75, 3.05) is 11.6 Å². The highest BCUT2D eigenvalue weighted by Gasteiger charge is 2.17. The average Bonchev–Trinajstić information content (AvgIpc) is 2.76. The fourth-order valence-electron chi connectivity index (χ4n) is 2.76. The zero-order valence-corrected chi connectivity index (χ0v) is 19.7. The molecular formula is C22H20ClN3O2S3. The van der Waals surface area contributed by atoms with Crippen LogP contribution in [0.4, 0.5) is 5.69 Å². The van der Waals surface area contributed by atoms with Gasteiger partial charge in [0.1, 0.15) is 5.03 Å². The highest BCUT2D eigenvalue weighted by atomic mass is 35.5. The molecule has 3 rings (SSSR count). The van der Waals surface area contributed by atoms with Crippen LogP contribution in [0.1, 0.15) is 18.0 Å². The summed E-state index contributed by atoms with van der Waals surface area (Å²) >= 11 is 14.6. The lowest BCUT2D eigenvalue weighted by atomic mass is 10.0. The Morgan fingerprint density at radius 2 is 1.81 bits per heavy atom. The van der Waals surface area contributed by atoms with Crippen molar-refractivity contribution in [1.29, 1.82) is 0 Å². The third-order valence-electron chi connectivity index (χ3n) is 4.25. The maximum atomic E-state index is 11.4. The second-order valence-electron chi connectivity index (χ2n) is 6.43. The SMILES string of the molecule is CSc1ccc([C@H](CC(=O)O)NC(=S)Nc2cccnc2Sc2ccc(Cl)cc2)cc1. The van der Waals surface area contributed by atoms with Crippen molar-refractivity contribution in [3.8, 4) is 0 Å². The van der Waals surface area contributed by atoms with Crippen molar-refractivity contribution < 1.29 is 9.90 Å². The number of aliphatic carboxylic acids is 1. The summed E-state index contributed by atoms with van der Waals surface area (Å²) in [7, 11) is 0. The number of carbonyl (C=O) groups is 1. The van der Waals surface area contributed by atoms with Crippen LogP contribution in [0.5, 0.6) is 0 Å². The van der Waals surface area contributed by atoms with Crippen LogP contribution in [0.3, 0.4) is 0 Å². The van der Waals surface area contributed by atoms with Gasteiger partial charge in [0, 0.05) is 21.0 Å². The predicted molar refractivity (Wildman–Crippen MR) is 132 cm³/mol. The van der Waals surface area contributed by atoms with Gasteiger partial charge in [0.25, 0.3) is 0 Å². The second-order valence-corrected chi connectivity index (χ2v) is 9.22. The molecule has 0 saturated heterocycles. The molecule has 31 heavy (non-hydrogen) atoms. The van der Waals surface area contributed by atoms with E-state index in [4.69, 9.17) is 23.8 Å². The minimum atomic E-state index is -0.908. The Morgan fingerprint density at radius 3 is 2.45 bits per heavy atom. The molecule has 0 unspecified atom stereocenters. The van der Waals surface area contributed by atoms with Crippen LogP contribution in [0.15, 0.2) is 81.7 Å². The molecule has 2 aromatic carbocycles. The Morgan fingerprint density at radius 1 is 1.13 bits per heavy atom. The summed E-state index contributed by atoms with van der Waals surface area (Å²) in [6, 6.07) is 18.5. The first-order valence-corrected chi connectivity index (χ1v) is 12.1. The first-order valence-electron chi connectivity index (χ1n) is 9.26. The molecule has 1 atom stereocenters. The van der Waals surface area contributed by atoms with Gasteiger partial charge in [-0.15, -0.1) is 11.8 Å². The van der Waals surface area contributed by atoms with Crippen molar-refractivity contribution in [3.63, 3.8) is 0 Å². The van der Waals surface area contributed by atoms with Crippen LogP contribution in [0.2, 0.25) is 5.02 Å². The largest absolute Gasteiger partial charge is 0.481 e. The Bertz CT molecular complexity index is 1050. The van der Waals surface area contributed by atoms with Crippen LogP contribution in [-0.4, -0.2) is 27.4 Å². The van der Waals surface area contributed by atoms with Crippen LogP contribution < -0.4 is 10.6 Å². The number of halogens is 1. The number of anilines is 1. The molecule has 0 aliphatic carbocycles. The Labute approximate surface area is 200 Å².